The van der Waals surface area contributed by atoms with Crippen molar-refractivity contribution in [3.8, 4) is 22.6 Å². The fraction of sp³-hybridized carbons (Fsp3) is 0.320. The number of piperidine rings is 1. The van der Waals surface area contributed by atoms with Crippen LogP contribution in [0.5, 0.6) is 0 Å². The van der Waals surface area contributed by atoms with Crippen LogP contribution < -0.4 is 4.90 Å². The number of ether oxygens (including phenoxy) is 2. The molecular weight excluding hydrogens is 420 g/mol. The van der Waals surface area contributed by atoms with Gasteiger partial charge in [0.15, 0.2) is 12.1 Å². The molecular formula is C25H24N4O2S. The number of benzene rings is 1. The number of hydrogen-bond acceptors (Lipinski definition) is 7. The lowest BCUT2D eigenvalue weighted by Gasteiger charge is -2.36. The lowest BCUT2D eigenvalue weighted by Crippen LogP contribution is -2.41. The highest BCUT2D eigenvalue weighted by molar-refractivity contribution is 7.17. The van der Waals surface area contributed by atoms with Crippen molar-refractivity contribution in [2.75, 3.05) is 31.2 Å². The van der Waals surface area contributed by atoms with Gasteiger partial charge in [-0.3, -0.25) is 4.98 Å². The van der Waals surface area contributed by atoms with Crippen molar-refractivity contribution in [2.24, 2.45) is 5.92 Å². The Bertz CT molecular complexity index is 1210. The summed E-state index contributed by atoms with van der Waals surface area (Å²) in [6.07, 6.45) is 3.88. The van der Waals surface area contributed by atoms with Gasteiger partial charge in [0.2, 0.25) is 0 Å². The first kappa shape index (κ1) is 19.8. The molecule has 0 unspecified atom stereocenters. The number of anilines is 1. The molecule has 3 aromatic heterocycles. The predicted molar refractivity (Wildman–Crippen MR) is 127 cm³/mol. The van der Waals surface area contributed by atoms with Crippen molar-refractivity contribution in [2.45, 2.75) is 19.1 Å². The van der Waals surface area contributed by atoms with Gasteiger partial charge >= 0.3 is 0 Å². The summed E-state index contributed by atoms with van der Waals surface area (Å²) in [5.74, 6) is 2.00. The van der Waals surface area contributed by atoms with E-state index < -0.39 is 0 Å². The van der Waals surface area contributed by atoms with Gasteiger partial charge in [0.05, 0.1) is 18.6 Å². The SMILES string of the molecule is c1ccc(-c2csc3nc(-c4ccccn4)nc(N4CCC[C@@H](C5OCCO5)C4)c23)cc1. The first-order valence-electron chi connectivity index (χ1n) is 11.1. The van der Waals surface area contributed by atoms with Crippen molar-refractivity contribution in [3.05, 3.63) is 60.1 Å². The van der Waals surface area contributed by atoms with Gasteiger partial charge in [0, 0.05) is 36.1 Å². The van der Waals surface area contributed by atoms with E-state index >= 15 is 0 Å². The van der Waals surface area contributed by atoms with Crippen LogP contribution in [0, 0.1) is 5.92 Å². The highest BCUT2D eigenvalue weighted by atomic mass is 32.1. The molecule has 7 heteroatoms. The van der Waals surface area contributed by atoms with Gasteiger partial charge < -0.3 is 14.4 Å². The third kappa shape index (κ3) is 3.66. The third-order valence-electron chi connectivity index (χ3n) is 6.18. The minimum atomic E-state index is -0.110. The summed E-state index contributed by atoms with van der Waals surface area (Å²) in [7, 11) is 0. The van der Waals surface area contributed by atoms with Crippen molar-refractivity contribution in [1.29, 1.82) is 0 Å². The van der Waals surface area contributed by atoms with Crippen LogP contribution in [0.25, 0.3) is 32.9 Å². The Morgan fingerprint density at radius 2 is 1.81 bits per heavy atom. The Morgan fingerprint density at radius 3 is 2.62 bits per heavy atom. The van der Waals surface area contributed by atoms with Crippen LogP contribution in [0.1, 0.15) is 12.8 Å². The van der Waals surface area contributed by atoms with Crippen LogP contribution in [0.4, 0.5) is 5.82 Å². The van der Waals surface area contributed by atoms with Gasteiger partial charge in [0.25, 0.3) is 0 Å². The van der Waals surface area contributed by atoms with Crippen LogP contribution >= 0.6 is 11.3 Å². The Balaban J connectivity index is 1.48. The van der Waals surface area contributed by atoms with E-state index in [9.17, 15) is 0 Å². The maximum atomic E-state index is 5.85. The molecule has 6 rings (SSSR count). The predicted octanol–water partition coefficient (Wildman–Crippen LogP) is 5.01. The molecule has 32 heavy (non-hydrogen) atoms. The third-order valence-corrected chi connectivity index (χ3v) is 7.06. The number of hydrogen-bond donors (Lipinski definition) is 0. The molecule has 0 radical (unpaired) electrons. The Kier molecular flexibility index (Phi) is 5.30. The van der Waals surface area contributed by atoms with Crippen molar-refractivity contribution in [3.63, 3.8) is 0 Å². The minimum absolute atomic E-state index is 0.110. The molecule has 2 aliphatic heterocycles. The van der Waals surface area contributed by atoms with Crippen molar-refractivity contribution in [1.82, 2.24) is 15.0 Å². The zero-order valence-corrected chi connectivity index (χ0v) is 18.5. The molecule has 2 aliphatic rings. The van der Waals surface area contributed by atoms with Crippen molar-refractivity contribution < 1.29 is 9.47 Å². The van der Waals surface area contributed by atoms with E-state index in [1.807, 2.05) is 24.3 Å². The topological polar surface area (TPSA) is 60.4 Å². The summed E-state index contributed by atoms with van der Waals surface area (Å²) in [5.41, 5.74) is 3.16. The van der Waals surface area contributed by atoms with E-state index in [4.69, 9.17) is 19.4 Å². The van der Waals surface area contributed by atoms with E-state index in [2.05, 4.69) is 39.5 Å². The highest BCUT2D eigenvalue weighted by Gasteiger charge is 2.33. The average Bonchev–Trinajstić information content (AvgIpc) is 3.55. The normalized spacial score (nSPS) is 19.6. The molecule has 0 saturated carbocycles. The largest absolute Gasteiger partial charge is 0.355 e. The van der Waals surface area contributed by atoms with Gasteiger partial charge in [-0.15, -0.1) is 11.3 Å². The lowest BCUT2D eigenvalue weighted by atomic mass is 9.96. The van der Waals surface area contributed by atoms with Gasteiger partial charge in [-0.2, -0.15) is 0 Å². The number of nitrogens with zero attached hydrogens (tertiary/aromatic N) is 4. The van der Waals surface area contributed by atoms with Gasteiger partial charge in [-0.05, 0) is 30.5 Å². The average molecular weight is 445 g/mol. The number of aromatic nitrogens is 3. The first-order valence-corrected chi connectivity index (χ1v) is 12.0. The van der Waals surface area contributed by atoms with E-state index in [0.29, 0.717) is 25.0 Å². The number of fused-ring (bicyclic) bond motifs is 1. The van der Waals surface area contributed by atoms with Gasteiger partial charge in [-0.1, -0.05) is 36.4 Å². The summed E-state index contributed by atoms with van der Waals surface area (Å²) in [6, 6.07) is 16.4. The maximum Gasteiger partial charge on any atom is 0.181 e. The van der Waals surface area contributed by atoms with Gasteiger partial charge in [-0.25, -0.2) is 9.97 Å². The molecule has 0 spiro atoms. The van der Waals surface area contributed by atoms with Crippen LogP contribution in [-0.4, -0.2) is 47.5 Å². The smallest absolute Gasteiger partial charge is 0.181 e. The fourth-order valence-electron chi connectivity index (χ4n) is 4.67. The molecule has 0 amide bonds. The molecule has 2 saturated heterocycles. The Morgan fingerprint density at radius 1 is 0.969 bits per heavy atom. The van der Waals surface area contributed by atoms with E-state index in [1.54, 1.807) is 17.5 Å². The van der Waals surface area contributed by atoms with Crippen LogP contribution in [0.2, 0.25) is 0 Å². The molecule has 0 aliphatic carbocycles. The van der Waals surface area contributed by atoms with Crippen molar-refractivity contribution >= 4 is 27.4 Å². The lowest BCUT2D eigenvalue weighted by molar-refractivity contribution is -0.0858. The summed E-state index contributed by atoms with van der Waals surface area (Å²) >= 11 is 1.67. The molecule has 4 aromatic rings. The summed E-state index contributed by atoms with van der Waals surface area (Å²) in [5, 5.41) is 3.32. The number of pyridine rings is 1. The molecule has 0 bridgehead atoms. The van der Waals surface area contributed by atoms with Crippen LogP contribution in [-0.2, 0) is 9.47 Å². The molecule has 5 heterocycles. The second-order valence-corrected chi connectivity index (χ2v) is 9.10. The zero-order valence-electron chi connectivity index (χ0n) is 17.7. The molecule has 0 N–H and O–H groups in total. The quantitative estimate of drug-likeness (QED) is 0.441. The summed E-state index contributed by atoms with van der Waals surface area (Å²) in [6.45, 7) is 3.19. The first-order chi connectivity index (χ1) is 15.9. The second-order valence-electron chi connectivity index (χ2n) is 8.24. The monoisotopic (exact) mass is 444 g/mol. The Labute approximate surface area is 190 Å². The maximum absolute atomic E-state index is 5.85. The molecule has 6 nitrogen and oxygen atoms in total. The van der Waals surface area contributed by atoms with E-state index in [1.165, 1.54) is 11.1 Å². The van der Waals surface area contributed by atoms with E-state index in [0.717, 1.165) is 47.7 Å². The number of rotatable bonds is 4. The summed E-state index contributed by atoms with van der Waals surface area (Å²) < 4.78 is 11.7. The van der Waals surface area contributed by atoms with E-state index in [-0.39, 0.29) is 6.29 Å². The van der Waals surface area contributed by atoms with Crippen LogP contribution in [0.3, 0.4) is 0 Å². The highest BCUT2D eigenvalue weighted by Crippen LogP contribution is 2.40. The Hall–Kier alpha value is -2.87. The van der Waals surface area contributed by atoms with Crippen LogP contribution in [0.15, 0.2) is 60.1 Å². The molecule has 162 valence electrons. The second kappa shape index (κ2) is 8.58. The molecule has 1 aromatic carbocycles. The number of thiophene rings is 1. The molecule has 1 atom stereocenters. The summed E-state index contributed by atoms with van der Waals surface area (Å²) in [4.78, 5) is 17.9. The minimum Gasteiger partial charge on any atom is -0.355 e. The molecule has 2 fully saturated rings. The zero-order chi connectivity index (χ0) is 21.3. The standard InChI is InChI=1S/C25H24N4O2S/c1-2-7-17(8-3-1)19-16-32-24-21(19)23(27-22(28-24)20-10-4-5-11-26-20)29-12-6-9-18(15-29)25-30-13-14-31-25/h1-5,7-8,10-11,16,18,25H,6,9,12-15H2/t18-/m1/s1. The van der Waals surface area contributed by atoms with Gasteiger partial charge in [0.1, 0.15) is 16.3 Å². The fourth-order valence-corrected chi connectivity index (χ4v) is 5.61.